The first-order valence-corrected chi connectivity index (χ1v) is 7.37. The van der Waals surface area contributed by atoms with Gasteiger partial charge in [0, 0.05) is 30.5 Å². The van der Waals surface area contributed by atoms with E-state index < -0.39 is 0 Å². The Morgan fingerprint density at radius 3 is 3.05 bits per heavy atom. The van der Waals surface area contributed by atoms with Crippen molar-refractivity contribution in [2.24, 2.45) is 0 Å². The van der Waals surface area contributed by atoms with Crippen molar-refractivity contribution in [3.8, 4) is 0 Å². The molecule has 2 N–H and O–H groups in total. The number of aliphatic hydroxyl groups is 1. The Labute approximate surface area is 116 Å². The van der Waals surface area contributed by atoms with Crippen molar-refractivity contribution in [3.05, 3.63) is 22.4 Å². The van der Waals surface area contributed by atoms with Crippen LogP contribution in [0.25, 0.3) is 0 Å². The van der Waals surface area contributed by atoms with Crippen molar-refractivity contribution < 1.29 is 14.7 Å². The molecule has 5 nitrogen and oxygen atoms in total. The number of hydrogen-bond donors (Lipinski definition) is 2. The van der Waals surface area contributed by atoms with Crippen molar-refractivity contribution in [3.63, 3.8) is 0 Å². The van der Waals surface area contributed by atoms with Crippen LogP contribution >= 0.6 is 11.3 Å². The van der Waals surface area contributed by atoms with E-state index in [1.165, 1.54) is 11.3 Å². The average Bonchev–Trinajstić information content (AvgIpc) is 3.09. The minimum absolute atomic E-state index is 0.00201. The minimum atomic E-state index is -0.144. The van der Waals surface area contributed by atoms with Crippen LogP contribution in [-0.4, -0.2) is 47.6 Å². The summed E-state index contributed by atoms with van der Waals surface area (Å²) in [6.07, 6.45) is 2.09. The molecular formula is C13H18N2O3S. The van der Waals surface area contributed by atoms with E-state index in [-0.39, 0.29) is 30.9 Å². The molecule has 2 rings (SSSR count). The molecule has 0 radical (unpaired) electrons. The number of thiophene rings is 1. The monoisotopic (exact) mass is 282 g/mol. The number of likely N-dealkylation sites (tertiary alicyclic amines) is 1. The van der Waals surface area contributed by atoms with Crippen molar-refractivity contribution in [1.82, 2.24) is 10.2 Å². The molecule has 1 saturated heterocycles. The van der Waals surface area contributed by atoms with Crippen LogP contribution in [0.2, 0.25) is 0 Å². The lowest BCUT2D eigenvalue weighted by atomic mass is 10.2. The third-order valence-electron chi connectivity index (χ3n) is 3.32. The van der Waals surface area contributed by atoms with Crippen LogP contribution in [0.5, 0.6) is 0 Å². The van der Waals surface area contributed by atoms with E-state index >= 15 is 0 Å². The lowest BCUT2D eigenvalue weighted by Gasteiger charge is -2.23. The summed E-state index contributed by atoms with van der Waals surface area (Å²) in [5, 5.41) is 15.5. The largest absolute Gasteiger partial charge is 0.394 e. The van der Waals surface area contributed by atoms with Gasteiger partial charge in [-0.3, -0.25) is 9.59 Å². The molecule has 0 spiro atoms. The van der Waals surface area contributed by atoms with Gasteiger partial charge in [0.25, 0.3) is 5.91 Å². The van der Waals surface area contributed by atoms with E-state index in [0.29, 0.717) is 18.7 Å². The van der Waals surface area contributed by atoms with Gasteiger partial charge in [-0.05, 0) is 24.3 Å². The number of carbonyl (C=O) groups excluding carboxylic acids is 2. The van der Waals surface area contributed by atoms with Gasteiger partial charge in [-0.2, -0.15) is 11.3 Å². The summed E-state index contributed by atoms with van der Waals surface area (Å²) in [6, 6.07) is 1.71. The van der Waals surface area contributed by atoms with E-state index in [1.807, 2.05) is 5.38 Å². The van der Waals surface area contributed by atoms with Gasteiger partial charge in [-0.15, -0.1) is 0 Å². The molecule has 1 aromatic heterocycles. The highest BCUT2D eigenvalue weighted by Gasteiger charge is 2.27. The predicted molar refractivity (Wildman–Crippen MR) is 73.1 cm³/mol. The van der Waals surface area contributed by atoms with Crippen LogP contribution in [0.1, 0.15) is 29.6 Å². The summed E-state index contributed by atoms with van der Waals surface area (Å²) in [7, 11) is 0. The molecule has 0 saturated carbocycles. The second-order valence-corrected chi connectivity index (χ2v) is 5.36. The number of amides is 2. The summed E-state index contributed by atoms with van der Waals surface area (Å²) in [6.45, 7) is 1.07. The Morgan fingerprint density at radius 2 is 2.37 bits per heavy atom. The fourth-order valence-corrected chi connectivity index (χ4v) is 2.91. The molecule has 1 atom stereocenters. The molecule has 0 aliphatic carbocycles. The summed E-state index contributed by atoms with van der Waals surface area (Å²) in [5.41, 5.74) is 0.631. The summed E-state index contributed by atoms with van der Waals surface area (Å²) < 4.78 is 0. The lowest BCUT2D eigenvalue weighted by Crippen LogP contribution is -2.39. The van der Waals surface area contributed by atoms with Crippen molar-refractivity contribution in [2.75, 3.05) is 19.7 Å². The first-order valence-electron chi connectivity index (χ1n) is 6.43. The zero-order valence-corrected chi connectivity index (χ0v) is 11.5. The van der Waals surface area contributed by atoms with Crippen molar-refractivity contribution >= 4 is 23.2 Å². The third kappa shape index (κ3) is 3.54. The lowest BCUT2D eigenvalue weighted by molar-refractivity contribution is -0.132. The maximum absolute atomic E-state index is 11.9. The molecule has 2 amide bonds. The van der Waals surface area contributed by atoms with Crippen LogP contribution in [0, 0.1) is 0 Å². The van der Waals surface area contributed by atoms with Gasteiger partial charge >= 0.3 is 0 Å². The van der Waals surface area contributed by atoms with Crippen LogP contribution in [0.4, 0.5) is 0 Å². The summed E-state index contributed by atoms with van der Waals surface area (Å²) in [5.74, 6) is -0.142. The van der Waals surface area contributed by atoms with Crippen LogP contribution < -0.4 is 5.32 Å². The molecule has 0 aromatic carbocycles. The Hall–Kier alpha value is -1.40. The maximum Gasteiger partial charge on any atom is 0.252 e. The fraction of sp³-hybridized carbons (Fsp3) is 0.538. The Balaban J connectivity index is 1.73. The van der Waals surface area contributed by atoms with Crippen LogP contribution in [-0.2, 0) is 4.79 Å². The third-order valence-corrected chi connectivity index (χ3v) is 4.00. The minimum Gasteiger partial charge on any atom is -0.394 e. The first kappa shape index (κ1) is 14.0. The van der Waals surface area contributed by atoms with Gasteiger partial charge in [-0.1, -0.05) is 0 Å². The highest BCUT2D eigenvalue weighted by Crippen LogP contribution is 2.17. The number of aliphatic hydroxyl groups excluding tert-OH is 1. The van der Waals surface area contributed by atoms with E-state index in [4.69, 9.17) is 5.11 Å². The first-order chi connectivity index (χ1) is 9.22. The van der Waals surface area contributed by atoms with Crippen molar-refractivity contribution in [1.29, 1.82) is 0 Å². The molecule has 1 fully saturated rings. The standard InChI is InChI=1S/C13H18N2O3S/c16-8-11-2-1-6-15(11)12(17)3-5-14-13(18)10-4-7-19-9-10/h4,7,9,11,16H,1-3,5-6,8H2,(H,14,18)/t11-/m0/s1. The zero-order chi connectivity index (χ0) is 13.7. The number of nitrogens with zero attached hydrogens (tertiary/aromatic N) is 1. The molecule has 1 aliphatic heterocycles. The van der Waals surface area contributed by atoms with Crippen LogP contribution in [0.3, 0.4) is 0 Å². The normalized spacial score (nSPS) is 18.6. The van der Waals surface area contributed by atoms with Gasteiger partial charge in [0.15, 0.2) is 0 Å². The maximum atomic E-state index is 11.9. The molecule has 1 aliphatic rings. The summed E-state index contributed by atoms with van der Waals surface area (Å²) in [4.78, 5) is 25.3. The van der Waals surface area contributed by atoms with Crippen molar-refractivity contribution in [2.45, 2.75) is 25.3 Å². The molecule has 0 unspecified atom stereocenters. The number of carbonyl (C=O) groups is 2. The SMILES string of the molecule is O=C(NCCC(=O)N1CCC[C@H]1CO)c1ccsc1. The number of nitrogens with one attached hydrogen (secondary N) is 1. The molecule has 104 valence electrons. The van der Waals surface area contributed by atoms with E-state index in [9.17, 15) is 9.59 Å². The van der Waals surface area contributed by atoms with E-state index in [1.54, 1.807) is 16.3 Å². The smallest absolute Gasteiger partial charge is 0.252 e. The van der Waals surface area contributed by atoms with E-state index in [0.717, 1.165) is 12.8 Å². The average molecular weight is 282 g/mol. The molecule has 2 heterocycles. The van der Waals surface area contributed by atoms with Gasteiger partial charge in [0.2, 0.25) is 5.91 Å². The topological polar surface area (TPSA) is 69.6 Å². The summed E-state index contributed by atoms with van der Waals surface area (Å²) >= 11 is 1.47. The van der Waals surface area contributed by atoms with Gasteiger partial charge in [-0.25, -0.2) is 0 Å². The number of rotatable bonds is 5. The highest BCUT2D eigenvalue weighted by molar-refractivity contribution is 7.08. The quantitative estimate of drug-likeness (QED) is 0.841. The van der Waals surface area contributed by atoms with Gasteiger partial charge in [0.05, 0.1) is 12.6 Å². The van der Waals surface area contributed by atoms with Gasteiger partial charge in [0.1, 0.15) is 0 Å². The second kappa shape index (κ2) is 6.68. The van der Waals surface area contributed by atoms with Gasteiger partial charge < -0.3 is 15.3 Å². The van der Waals surface area contributed by atoms with E-state index in [2.05, 4.69) is 5.32 Å². The molecule has 6 heteroatoms. The molecule has 19 heavy (non-hydrogen) atoms. The van der Waals surface area contributed by atoms with Crippen LogP contribution in [0.15, 0.2) is 16.8 Å². The molecule has 1 aromatic rings. The Bertz CT molecular complexity index is 433. The highest BCUT2D eigenvalue weighted by atomic mass is 32.1. The number of hydrogen-bond acceptors (Lipinski definition) is 4. The molecular weight excluding hydrogens is 264 g/mol. The Kier molecular flexibility index (Phi) is 4.93. The molecule has 0 bridgehead atoms. The predicted octanol–water partition coefficient (Wildman–Crippen LogP) is 0.851. The second-order valence-electron chi connectivity index (χ2n) is 4.58. The Morgan fingerprint density at radius 1 is 1.53 bits per heavy atom. The fourth-order valence-electron chi connectivity index (χ4n) is 2.28. The zero-order valence-electron chi connectivity index (χ0n) is 10.7.